The Bertz CT molecular complexity index is 3110. The lowest BCUT2D eigenvalue weighted by Crippen LogP contribution is -2.36. The zero-order valence-corrected chi connectivity index (χ0v) is 30.0. The van der Waals surface area contributed by atoms with Gasteiger partial charge in [0.15, 0.2) is 0 Å². The van der Waals surface area contributed by atoms with Gasteiger partial charge < -0.3 is 9.64 Å². The Hall–Kier alpha value is -6.68. The number of anilines is 3. The van der Waals surface area contributed by atoms with Gasteiger partial charge in [0, 0.05) is 48.4 Å². The van der Waals surface area contributed by atoms with E-state index in [2.05, 4.69) is 193 Å². The molecule has 0 bridgehead atoms. The fourth-order valence-electron chi connectivity index (χ4n) is 9.43. The summed E-state index contributed by atoms with van der Waals surface area (Å²) in [6, 6.07) is 69.0. The van der Waals surface area contributed by atoms with Crippen LogP contribution in [0.15, 0.2) is 188 Å². The van der Waals surface area contributed by atoms with Gasteiger partial charge in [0.1, 0.15) is 11.5 Å². The first-order valence-electron chi connectivity index (χ1n) is 18.5. The van der Waals surface area contributed by atoms with Gasteiger partial charge in [0.05, 0.1) is 5.41 Å². The maximum absolute atomic E-state index is 6.70. The third-order valence-electron chi connectivity index (χ3n) is 11.7. The van der Waals surface area contributed by atoms with Crippen LogP contribution in [0.1, 0.15) is 22.3 Å². The average Bonchev–Trinajstić information content (AvgIpc) is 3.58. The molecule has 12 rings (SSSR count). The Labute approximate surface area is 316 Å². The first kappa shape index (κ1) is 29.9. The lowest BCUT2D eigenvalue weighted by molar-refractivity contribution is 0.435. The summed E-state index contributed by atoms with van der Waals surface area (Å²) >= 11 is 1.87. The first-order chi connectivity index (χ1) is 26.8. The van der Waals surface area contributed by atoms with E-state index in [9.17, 15) is 0 Å². The zero-order chi connectivity index (χ0) is 35.4. The summed E-state index contributed by atoms with van der Waals surface area (Å²) in [7, 11) is 0. The number of hydrogen-bond donors (Lipinski definition) is 0. The highest BCUT2D eigenvalue weighted by Crippen LogP contribution is 2.61. The molecule has 2 nitrogen and oxygen atoms in total. The molecule has 0 atom stereocenters. The van der Waals surface area contributed by atoms with Gasteiger partial charge in [-0.3, -0.25) is 0 Å². The van der Waals surface area contributed by atoms with Crippen LogP contribution < -0.4 is 9.64 Å². The van der Waals surface area contributed by atoms with Crippen molar-refractivity contribution >= 4 is 70.1 Å². The predicted octanol–water partition coefficient (Wildman–Crippen LogP) is 14.3. The minimum Gasteiger partial charge on any atom is -0.457 e. The second kappa shape index (κ2) is 11.2. The normalized spacial score (nSPS) is 13.5. The van der Waals surface area contributed by atoms with Gasteiger partial charge in [0.25, 0.3) is 0 Å². The van der Waals surface area contributed by atoms with Crippen LogP contribution in [0.2, 0.25) is 0 Å². The van der Waals surface area contributed by atoms with Gasteiger partial charge in [-0.1, -0.05) is 127 Å². The van der Waals surface area contributed by atoms with E-state index in [1.807, 2.05) is 11.3 Å². The number of thiophene rings is 1. The molecule has 2 heterocycles. The van der Waals surface area contributed by atoms with Crippen LogP contribution in [0.3, 0.4) is 0 Å². The summed E-state index contributed by atoms with van der Waals surface area (Å²) in [5, 5.41) is 7.70. The molecule has 54 heavy (non-hydrogen) atoms. The smallest absolute Gasteiger partial charge is 0.132 e. The molecule has 2 aliphatic rings. The SMILES string of the molecule is c1ccc(N(c2ccc3c(c2)C2(c4ccccc4Oc4ccccc42)c2cccc4cccc-3c24)c2ccc3c(c2)sc2cc4ccccc4cc23)cc1. The van der Waals surface area contributed by atoms with Crippen LogP contribution >= 0.6 is 11.3 Å². The summed E-state index contributed by atoms with van der Waals surface area (Å²) in [5.74, 6) is 1.79. The van der Waals surface area contributed by atoms with Gasteiger partial charge in [0.2, 0.25) is 0 Å². The van der Waals surface area contributed by atoms with Gasteiger partial charge in [-0.25, -0.2) is 0 Å². The van der Waals surface area contributed by atoms with Gasteiger partial charge in [-0.15, -0.1) is 11.3 Å². The quantitative estimate of drug-likeness (QED) is 0.181. The molecule has 0 N–H and O–H groups in total. The van der Waals surface area contributed by atoms with Crippen molar-refractivity contribution in [2.75, 3.05) is 4.90 Å². The van der Waals surface area contributed by atoms with Crippen molar-refractivity contribution in [3.63, 3.8) is 0 Å². The maximum atomic E-state index is 6.70. The standard InChI is InChI=1S/C51H31NOS/c1-2-16-35(17-3-1)52(37-25-27-39-41-28-33-12-4-5-13-34(33)29-48(41)54-49(39)31-37)36-24-26-38-40-18-10-14-32-15-11-21-44(50(32)40)51(45(38)30-36)42-19-6-8-22-46(42)53-47-23-9-7-20-43(47)51/h1-31H. The molecule has 1 aliphatic heterocycles. The molecule has 1 aromatic heterocycles. The highest BCUT2D eigenvalue weighted by atomic mass is 32.1. The van der Waals surface area contributed by atoms with Crippen molar-refractivity contribution in [3.8, 4) is 22.6 Å². The van der Waals surface area contributed by atoms with Crippen LogP contribution in [0, 0.1) is 0 Å². The van der Waals surface area contributed by atoms with Crippen molar-refractivity contribution in [2.45, 2.75) is 5.41 Å². The predicted molar refractivity (Wildman–Crippen MR) is 226 cm³/mol. The van der Waals surface area contributed by atoms with E-state index < -0.39 is 5.41 Å². The summed E-state index contributed by atoms with van der Waals surface area (Å²) < 4.78 is 9.29. The minimum atomic E-state index is -0.607. The Morgan fingerprint density at radius 3 is 1.80 bits per heavy atom. The second-order valence-corrected chi connectivity index (χ2v) is 15.5. The molecule has 0 radical (unpaired) electrons. The lowest BCUT2D eigenvalue weighted by atomic mass is 9.58. The van der Waals surface area contributed by atoms with Crippen molar-refractivity contribution in [3.05, 3.63) is 210 Å². The zero-order valence-electron chi connectivity index (χ0n) is 29.2. The van der Waals surface area contributed by atoms with Crippen LogP contribution in [0.5, 0.6) is 11.5 Å². The van der Waals surface area contributed by atoms with E-state index in [0.717, 1.165) is 39.7 Å². The first-order valence-corrected chi connectivity index (χ1v) is 19.3. The van der Waals surface area contributed by atoms with Crippen LogP contribution in [0.25, 0.3) is 52.8 Å². The van der Waals surface area contributed by atoms with Crippen molar-refractivity contribution in [1.29, 1.82) is 0 Å². The highest BCUT2D eigenvalue weighted by Gasteiger charge is 2.49. The Morgan fingerprint density at radius 2 is 1.00 bits per heavy atom. The van der Waals surface area contributed by atoms with Crippen LogP contribution in [0.4, 0.5) is 17.1 Å². The number of rotatable bonds is 3. The van der Waals surface area contributed by atoms with Crippen molar-refractivity contribution < 1.29 is 4.74 Å². The summed E-state index contributed by atoms with van der Waals surface area (Å²) in [6.45, 7) is 0. The maximum Gasteiger partial charge on any atom is 0.132 e. The minimum absolute atomic E-state index is 0.607. The molecular formula is C51H31NOS. The summed E-state index contributed by atoms with van der Waals surface area (Å²) in [4.78, 5) is 2.42. The monoisotopic (exact) mass is 705 g/mol. The number of para-hydroxylation sites is 3. The van der Waals surface area contributed by atoms with Crippen LogP contribution in [-0.4, -0.2) is 0 Å². The van der Waals surface area contributed by atoms with E-state index >= 15 is 0 Å². The van der Waals surface area contributed by atoms with E-state index in [1.54, 1.807) is 0 Å². The third kappa shape index (κ3) is 4.05. The van der Waals surface area contributed by atoms with E-state index in [-0.39, 0.29) is 0 Å². The van der Waals surface area contributed by atoms with E-state index in [4.69, 9.17) is 4.74 Å². The van der Waals surface area contributed by atoms with E-state index in [0.29, 0.717) is 0 Å². The molecule has 0 saturated carbocycles. The molecule has 1 aliphatic carbocycles. The van der Waals surface area contributed by atoms with Gasteiger partial charge in [-0.2, -0.15) is 0 Å². The average molecular weight is 706 g/mol. The molecule has 0 amide bonds. The van der Waals surface area contributed by atoms with Gasteiger partial charge >= 0.3 is 0 Å². The number of ether oxygens (including phenoxy) is 1. The topological polar surface area (TPSA) is 12.5 Å². The largest absolute Gasteiger partial charge is 0.457 e. The molecule has 0 fully saturated rings. The van der Waals surface area contributed by atoms with Crippen molar-refractivity contribution in [1.82, 2.24) is 0 Å². The fraction of sp³-hybridized carbons (Fsp3) is 0.0196. The van der Waals surface area contributed by atoms with Gasteiger partial charge in [-0.05, 0) is 104 Å². The molecule has 0 unspecified atom stereocenters. The fourth-order valence-corrected chi connectivity index (χ4v) is 10.6. The molecule has 3 heteroatoms. The highest BCUT2D eigenvalue weighted by molar-refractivity contribution is 7.25. The lowest BCUT2D eigenvalue weighted by Gasteiger charge is -2.45. The molecule has 9 aromatic carbocycles. The van der Waals surface area contributed by atoms with Crippen molar-refractivity contribution in [2.24, 2.45) is 0 Å². The second-order valence-electron chi connectivity index (χ2n) is 14.4. The number of hydrogen-bond acceptors (Lipinski definition) is 3. The third-order valence-corrected chi connectivity index (χ3v) is 12.8. The molecule has 0 saturated heterocycles. The Kier molecular flexibility index (Phi) is 6.17. The van der Waals surface area contributed by atoms with Crippen LogP contribution in [-0.2, 0) is 5.41 Å². The number of nitrogens with zero attached hydrogens (tertiary/aromatic N) is 1. The Morgan fingerprint density at radius 1 is 0.389 bits per heavy atom. The Balaban J connectivity index is 1.15. The molecule has 252 valence electrons. The summed E-state index contributed by atoms with van der Waals surface area (Å²) in [6.07, 6.45) is 0. The van der Waals surface area contributed by atoms with E-state index in [1.165, 1.54) is 64.0 Å². The molecular weight excluding hydrogens is 675 g/mol. The number of benzene rings is 9. The molecule has 10 aromatic rings. The molecule has 1 spiro atoms. The number of fused-ring (bicyclic) bond motifs is 12. The summed E-state index contributed by atoms with van der Waals surface area (Å²) in [5.41, 5.74) is 10.1.